The topological polar surface area (TPSA) is 47.4 Å². The van der Waals surface area contributed by atoms with Crippen molar-refractivity contribution in [3.05, 3.63) is 99.6 Å². The number of halogens is 2. The minimum absolute atomic E-state index is 0.178. The molecule has 0 radical (unpaired) electrons. The molecule has 1 fully saturated rings. The Balaban J connectivity index is 1.31. The van der Waals surface area contributed by atoms with Crippen LogP contribution in [0.4, 0.5) is 4.39 Å². The predicted octanol–water partition coefficient (Wildman–Crippen LogP) is 5.16. The molecule has 7 heteroatoms. The second kappa shape index (κ2) is 9.33. The van der Waals surface area contributed by atoms with Gasteiger partial charge in [0.05, 0.1) is 11.2 Å². The zero-order valence-electron chi connectivity index (χ0n) is 18.0. The molecule has 0 saturated carbocycles. The molecule has 33 heavy (non-hydrogen) atoms. The van der Waals surface area contributed by atoms with Crippen LogP contribution in [0.5, 0.6) is 5.75 Å². The average molecular weight is 464 g/mol. The molecule has 1 atom stereocenters. The summed E-state index contributed by atoms with van der Waals surface area (Å²) in [5, 5.41) is 1.61. The number of benzene rings is 2. The lowest BCUT2D eigenvalue weighted by atomic mass is 10.1. The number of nitrogens with zero attached hydrogens (tertiary/aromatic N) is 3. The number of hydrogen-bond acceptors (Lipinski definition) is 4. The Morgan fingerprint density at radius 1 is 1.06 bits per heavy atom. The van der Waals surface area contributed by atoms with Crippen LogP contribution in [-0.2, 0) is 13.2 Å². The zero-order valence-corrected chi connectivity index (χ0v) is 18.7. The molecule has 5 nitrogen and oxygen atoms in total. The average Bonchev–Trinajstić information content (AvgIpc) is 3.23. The predicted molar refractivity (Wildman–Crippen MR) is 128 cm³/mol. The molecule has 0 aliphatic carbocycles. The van der Waals surface area contributed by atoms with Gasteiger partial charge in [0, 0.05) is 48.0 Å². The first kappa shape index (κ1) is 21.6. The van der Waals surface area contributed by atoms with Gasteiger partial charge in [0.25, 0.3) is 5.56 Å². The maximum atomic E-state index is 13.4. The summed E-state index contributed by atoms with van der Waals surface area (Å²) in [4.78, 5) is 19.5. The Labute approximate surface area is 196 Å². The standard InChI is InChI=1S/C26H23ClFN3O2/c27-20-4-1-18(2-5-20)17-33-24-10-12-31(26(32)14-24)23-7-8-25-19(13-23)3-6-22(29-25)16-30-11-9-21(28)15-30/h1-8,10,12-14,21H,9,11,15-17H2/t21-/m1/s1. The van der Waals surface area contributed by atoms with Gasteiger partial charge in [0.1, 0.15) is 18.5 Å². The molecule has 168 valence electrons. The summed E-state index contributed by atoms with van der Waals surface area (Å²) >= 11 is 5.91. The van der Waals surface area contributed by atoms with Crippen LogP contribution in [0.1, 0.15) is 17.7 Å². The highest BCUT2D eigenvalue weighted by molar-refractivity contribution is 6.30. The van der Waals surface area contributed by atoms with Crippen molar-refractivity contribution in [2.45, 2.75) is 25.7 Å². The normalized spacial score (nSPS) is 16.4. The lowest BCUT2D eigenvalue weighted by Gasteiger charge is -2.14. The Kier molecular flexibility index (Phi) is 6.11. The molecule has 0 amide bonds. The summed E-state index contributed by atoms with van der Waals surface area (Å²) in [7, 11) is 0. The smallest absolute Gasteiger partial charge is 0.258 e. The van der Waals surface area contributed by atoms with Crippen LogP contribution in [-0.4, -0.2) is 33.7 Å². The molecule has 0 spiro atoms. The summed E-state index contributed by atoms with van der Waals surface area (Å²) in [5.74, 6) is 0.510. The molecule has 1 aliphatic heterocycles. The van der Waals surface area contributed by atoms with Gasteiger partial charge in [-0.3, -0.25) is 19.2 Å². The van der Waals surface area contributed by atoms with Crippen LogP contribution in [0.2, 0.25) is 5.02 Å². The maximum absolute atomic E-state index is 13.4. The first-order valence-corrected chi connectivity index (χ1v) is 11.3. The van der Waals surface area contributed by atoms with E-state index in [9.17, 15) is 9.18 Å². The van der Waals surface area contributed by atoms with Crippen molar-refractivity contribution in [1.29, 1.82) is 0 Å². The summed E-state index contributed by atoms with van der Waals surface area (Å²) in [6.07, 6.45) is 1.57. The largest absolute Gasteiger partial charge is 0.489 e. The van der Waals surface area contributed by atoms with Gasteiger partial charge in [-0.15, -0.1) is 0 Å². The Hall–Kier alpha value is -3.22. The molecule has 1 saturated heterocycles. The Morgan fingerprint density at radius 2 is 1.91 bits per heavy atom. The summed E-state index contributed by atoms with van der Waals surface area (Å²) < 4.78 is 20.8. The third kappa shape index (κ3) is 5.07. The molecule has 1 aliphatic rings. The van der Waals surface area contributed by atoms with Crippen LogP contribution < -0.4 is 10.3 Å². The van der Waals surface area contributed by atoms with Gasteiger partial charge in [-0.1, -0.05) is 29.8 Å². The van der Waals surface area contributed by atoms with Crippen LogP contribution in [0, 0.1) is 0 Å². The number of hydrogen-bond donors (Lipinski definition) is 0. The number of rotatable bonds is 6. The van der Waals surface area contributed by atoms with Crippen molar-refractivity contribution in [1.82, 2.24) is 14.5 Å². The molecule has 5 rings (SSSR count). The maximum Gasteiger partial charge on any atom is 0.258 e. The van der Waals surface area contributed by atoms with E-state index < -0.39 is 6.17 Å². The number of fused-ring (bicyclic) bond motifs is 1. The molecular weight excluding hydrogens is 441 g/mol. The molecule has 0 unspecified atom stereocenters. The first-order valence-electron chi connectivity index (χ1n) is 10.9. The van der Waals surface area contributed by atoms with E-state index in [1.807, 2.05) is 54.6 Å². The van der Waals surface area contributed by atoms with Crippen molar-refractivity contribution in [3.8, 4) is 11.4 Å². The molecule has 2 aromatic carbocycles. The minimum Gasteiger partial charge on any atom is -0.489 e. The van der Waals surface area contributed by atoms with Gasteiger partial charge >= 0.3 is 0 Å². The van der Waals surface area contributed by atoms with Gasteiger partial charge in [-0.05, 0) is 54.4 Å². The highest BCUT2D eigenvalue weighted by Crippen LogP contribution is 2.20. The summed E-state index contributed by atoms with van der Waals surface area (Å²) in [6.45, 7) is 2.24. The van der Waals surface area contributed by atoms with E-state index in [1.165, 1.54) is 6.07 Å². The number of pyridine rings is 2. The van der Waals surface area contributed by atoms with E-state index >= 15 is 0 Å². The van der Waals surface area contributed by atoms with Crippen LogP contribution >= 0.6 is 11.6 Å². The fourth-order valence-electron chi connectivity index (χ4n) is 4.06. The van der Waals surface area contributed by atoms with E-state index in [2.05, 4.69) is 4.90 Å². The number of alkyl halides is 1. The molecule has 4 aromatic rings. The minimum atomic E-state index is -0.736. The molecule has 0 N–H and O–H groups in total. The highest BCUT2D eigenvalue weighted by atomic mass is 35.5. The molecule has 2 aromatic heterocycles. The third-order valence-electron chi connectivity index (χ3n) is 5.82. The number of likely N-dealkylation sites (tertiary alicyclic amines) is 1. The van der Waals surface area contributed by atoms with Gasteiger partial charge in [0.15, 0.2) is 0 Å². The van der Waals surface area contributed by atoms with Crippen molar-refractivity contribution in [2.24, 2.45) is 0 Å². The van der Waals surface area contributed by atoms with E-state index in [1.54, 1.807) is 16.8 Å². The van der Waals surface area contributed by atoms with Crippen LogP contribution in [0.3, 0.4) is 0 Å². The molecule has 3 heterocycles. The SMILES string of the molecule is O=c1cc(OCc2ccc(Cl)cc2)ccn1-c1ccc2nc(CN3CC[C@@H](F)C3)ccc2c1. The van der Waals surface area contributed by atoms with Gasteiger partial charge in [-0.2, -0.15) is 0 Å². The number of aromatic nitrogens is 2. The van der Waals surface area contributed by atoms with Gasteiger partial charge in [-0.25, -0.2) is 4.39 Å². The van der Waals surface area contributed by atoms with Gasteiger partial charge < -0.3 is 4.74 Å². The highest BCUT2D eigenvalue weighted by Gasteiger charge is 2.21. The van der Waals surface area contributed by atoms with Crippen molar-refractivity contribution < 1.29 is 9.13 Å². The van der Waals surface area contributed by atoms with Crippen molar-refractivity contribution >= 4 is 22.5 Å². The van der Waals surface area contributed by atoms with Crippen LogP contribution in [0.25, 0.3) is 16.6 Å². The summed E-state index contributed by atoms with van der Waals surface area (Å²) in [5.41, 5.74) is 3.32. The first-order chi connectivity index (χ1) is 16.0. The molecular formula is C26H23ClFN3O2. The van der Waals surface area contributed by atoms with E-state index in [0.29, 0.717) is 36.9 Å². The fourth-order valence-corrected chi connectivity index (χ4v) is 4.19. The van der Waals surface area contributed by atoms with Gasteiger partial charge in [0.2, 0.25) is 0 Å². The second-order valence-corrected chi connectivity index (χ2v) is 8.72. The quantitative estimate of drug-likeness (QED) is 0.396. The third-order valence-corrected chi connectivity index (χ3v) is 6.07. The Morgan fingerprint density at radius 3 is 2.67 bits per heavy atom. The lowest BCUT2D eigenvalue weighted by Crippen LogP contribution is -2.21. The van der Waals surface area contributed by atoms with E-state index in [4.69, 9.17) is 21.3 Å². The van der Waals surface area contributed by atoms with Crippen molar-refractivity contribution in [2.75, 3.05) is 13.1 Å². The Bertz CT molecular complexity index is 1340. The van der Waals surface area contributed by atoms with E-state index in [0.717, 1.165) is 34.4 Å². The van der Waals surface area contributed by atoms with Crippen molar-refractivity contribution in [3.63, 3.8) is 0 Å². The number of ether oxygens (including phenoxy) is 1. The van der Waals surface area contributed by atoms with E-state index in [-0.39, 0.29) is 5.56 Å². The lowest BCUT2D eigenvalue weighted by molar-refractivity contribution is 0.280. The monoisotopic (exact) mass is 463 g/mol. The zero-order chi connectivity index (χ0) is 22.8. The second-order valence-electron chi connectivity index (χ2n) is 8.29. The van der Waals surface area contributed by atoms with Crippen LogP contribution in [0.15, 0.2) is 77.7 Å². The fraction of sp³-hybridized carbons (Fsp3) is 0.231. The molecule has 0 bridgehead atoms. The summed E-state index contributed by atoms with van der Waals surface area (Å²) in [6, 6.07) is 20.3.